The van der Waals surface area contributed by atoms with Gasteiger partial charge in [0.15, 0.2) is 5.69 Å². The van der Waals surface area contributed by atoms with E-state index in [1.165, 1.54) is 0 Å². The Bertz CT molecular complexity index is 805. The quantitative estimate of drug-likeness (QED) is 0.795. The number of likely N-dealkylation sites (tertiary alicyclic amines) is 1. The first-order chi connectivity index (χ1) is 12.9. The van der Waals surface area contributed by atoms with E-state index in [9.17, 15) is 4.79 Å². The highest BCUT2D eigenvalue weighted by Crippen LogP contribution is 2.30. The number of aromatic nitrogens is 3. The second kappa shape index (κ2) is 8.92. The highest BCUT2D eigenvalue weighted by molar-refractivity contribution is 5.93. The van der Waals surface area contributed by atoms with Crippen molar-refractivity contribution < 1.29 is 9.53 Å². The minimum absolute atomic E-state index is 0. The average Bonchev–Trinajstić information content (AvgIpc) is 3.25. The fourth-order valence-electron chi connectivity index (χ4n) is 3.44. The first-order valence-electron chi connectivity index (χ1n) is 9.58. The Kier molecular flexibility index (Phi) is 7.06. The topological polar surface area (TPSA) is 86.3 Å². The first-order valence-corrected chi connectivity index (χ1v) is 9.58. The molecule has 1 fully saturated rings. The van der Waals surface area contributed by atoms with Crippen molar-refractivity contribution in [3.05, 3.63) is 35.7 Å². The molecule has 1 atom stereocenters. The molecule has 2 aromatic rings. The predicted molar refractivity (Wildman–Crippen MR) is 111 cm³/mol. The number of carbonyl (C=O) groups is 1. The highest BCUT2D eigenvalue weighted by Gasteiger charge is 2.36. The average molecular weight is 408 g/mol. The third kappa shape index (κ3) is 4.47. The summed E-state index contributed by atoms with van der Waals surface area (Å²) in [4.78, 5) is 14.8. The number of halogens is 1. The molecule has 0 aliphatic carbocycles. The molecule has 1 saturated heterocycles. The van der Waals surface area contributed by atoms with Crippen LogP contribution < -0.4 is 10.5 Å². The number of ether oxygens (including phenoxy) is 1. The second-order valence-corrected chi connectivity index (χ2v) is 7.80. The summed E-state index contributed by atoms with van der Waals surface area (Å²) in [5, 5.41) is 8.46. The maximum Gasteiger partial charge on any atom is 0.276 e. The molecule has 2 N–H and O–H groups in total. The molecule has 1 amide bonds. The Morgan fingerprint density at radius 2 is 2.00 bits per heavy atom. The molecule has 1 aromatic heterocycles. The van der Waals surface area contributed by atoms with Gasteiger partial charge in [0.05, 0.1) is 17.5 Å². The molecular weight excluding hydrogens is 378 g/mol. The molecule has 1 aliphatic heterocycles. The lowest BCUT2D eigenvalue weighted by Crippen LogP contribution is -2.35. The van der Waals surface area contributed by atoms with Gasteiger partial charge >= 0.3 is 0 Å². The van der Waals surface area contributed by atoms with Crippen molar-refractivity contribution in [1.29, 1.82) is 0 Å². The molecule has 0 radical (unpaired) electrons. The summed E-state index contributed by atoms with van der Waals surface area (Å²) < 4.78 is 7.43. The Morgan fingerprint density at radius 3 is 2.54 bits per heavy atom. The van der Waals surface area contributed by atoms with E-state index in [1.807, 2.05) is 49.9 Å². The van der Waals surface area contributed by atoms with E-state index in [0.717, 1.165) is 23.6 Å². The van der Waals surface area contributed by atoms with Crippen LogP contribution in [0, 0.1) is 5.41 Å². The number of hydrogen-bond acceptors (Lipinski definition) is 5. The SMILES string of the molecule is CCc1c(C(=O)N2CCC(C)(CN)C2)nnn1-c1ccc(OC(C)C)cc1.Cl. The van der Waals surface area contributed by atoms with Gasteiger partial charge in [0.25, 0.3) is 5.91 Å². The zero-order chi connectivity index (χ0) is 19.6. The number of amides is 1. The van der Waals surface area contributed by atoms with Gasteiger partial charge in [-0.3, -0.25) is 4.79 Å². The van der Waals surface area contributed by atoms with Crippen LogP contribution in [0.3, 0.4) is 0 Å². The van der Waals surface area contributed by atoms with Crippen molar-refractivity contribution in [1.82, 2.24) is 19.9 Å². The zero-order valence-corrected chi connectivity index (χ0v) is 17.8. The van der Waals surface area contributed by atoms with Gasteiger partial charge in [0.2, 0.25) is 0 Å². The molecule has 154 valence electrons. The molecule has 2 heterocycles. The van der Waals surface area contributed by atoms with Gasteiger partial charge in [-0.2, -0.15) is 0 Å². The maximum absolute atomic E-state index is 13.0. The molecule has 1 aromatic carbocycles. The van der Waals surface area contributed by atoms with Crippen molar-refractivity contribution in [3.8, 4) is 11.4 Å². The lowest BCUT2D eigenvalue weighted by Gasteiger charge is -2.22. The number of hydrogen-bond donors (Lipinski definition) is 1. The Labute approximate surface area is 172 Å². The van der Waals surface area contributed by atoms with Crippen LogP contribution in [0.25, 0.3) is 5.69 Å². The van der Waals surface area contributed by atoms with E-state index in [0.29, 0.717) is 31.7 Å². The van der Waals surface area contributed by atoms with E-state index in [4.69, 9.17) is 10.5 Å². The van der Waals surface area contributed by atoms with E-state index in [1.54, 1.807) is 4.68 Å². The van der Waals surface area contributed by atoms with Crippen LogP contribution in [0.1, 0.15) is 50.3 Å². The van der Waals surface area contributed by atoms with Gasteiger partial charge in [-0.15, -0.1) is 17.5 Å². The lowest BCUT2D eigenvalue weighted by molar-refractivity contribution is 0.0770. The van der Waals surface area contributed by atoms with Crippen LogP contribution in [0.4, 0.5) is 0 Å². The van der Waals surface area contributed by atoms with Crippen LogP contribution in [-0.4, -0.2) is 51.5 Å². The standard InChI is InChI=1S/C20H29N5O2.ClH/c1-5-17-18(19(26)24-11-10-20(4,12-21)13-24)22-23-25(17)15-6-8-16(9-7-15)27-14(2)3;/h6-9,14H,5,10-13,21H2,1-4H3;1H. The minimum Gasteiger partial charge on any atom is -0.491 e. The monoisotopic (exact) mass is 407 g/mol. The molecular formula is C20H30ClN5O2. The molecule has 0 bridgehead atoms. The van der Waals surface area contributed by atoms with Gasteiger partial charge in [-0.1, -0.05) is 19.1 Å². The van der Waals surface area contributed by atoms with E-state index < -0.39 is 0 Å². The molecule has 28 heavy (non-hydrogen) atoms. The molecule has 8 heteroatoms. The van der Waals surface area contributed by atoms with Crippen molar-refractivity contribution in [2.45, 2.75) is 46.6 Å². The summed E-state index contributed by atoms with van der Waals surface area (Å²) >= 11 is 0. The molecule has 7 nitrogen and oxygen atoms in total. The van der Waals surface area contributed by atoms with Crippen molar-refractivity contribution >= 4 is 18.3 Å². The summed E-state index contributed by atoms with van der Waals surface area (Å²) in [7, 11) is 0. The number of nitrogens with two attached hydrogens (primary N) is 1. The summed E-state index contributed by atoms with van der Waals surface area (Å²) in [6.45, 7) is 10.1. The summed E-state index contributed by atoms with van der Waals surface area (Å²) in [6.07, 6.45) is 1.71. The summed E-state index contributed by atoms with van der Waals surface area (Å²) in [5.41, 5.74) is 7.97. The van der Waals surface area contributed by atoms with Crippen LogP contribution in [-0.2, 0) is 6.42 Å². The number of benzene rings is 1. The number of rotatable bonds is 6. The molecule has 1 aliphatic rings. The van der Waals surface area contributed by atoms with Crippen LogP contribution in [0.15, 0.2) is 24.3 Å². The van der Waals surface area contributed by atoms with Gasteiger partial charge < -0.3 is 15.4 Å². The normalized spacial score (nSPS) is 19.0. The molecule has 0 spiro atoms. The lowest BCUT2D eigenvalue weighted by atomic mass is 9.90. The van der Waals surface area contributed by atoms with Crippen LogP contribution >= 0.6 is 12.4 Å². The van der Waals surface area contributed by atoms with E-state index in [-0.39, 0.29) is 29.8 Å². The maximum atomic E-state index is 13.0. The first kappa shape index (κ1) is 22.2. The third-order valence-corrected chi connectivity index (χ3v) is 5.09. The second-order valence-electron chi connectivity index (χ2n) is 7.80. The minimum atomic E-state index is -0.0602. The zero-order valence-electron chi connectivity index (χ0n) is 17.0. The van der Waals surface area contributed by atoms with Gasteiger partial charge in [-0.25, -0.2) is 4.68 Å². The molecule has 1 unspecified atom stereocenters. The van der Waals surface area contributed by atoms with Crippen LogP contribution in [0.2, 0.25) is 0 Å². The molecule has 0 saturated carbocycles. The number of nitrogens with zero attached hydrogens (tertiary/aromatic N) is 4. The Hall–Kier alpha value is -2.12. The smallest absolute Gasteiger partial charge is 0.276 e. The van der Waals surface area contributed by atoms with Gasteiger partial charge in [-0.05, 0) is 62.9 Å². The largest absolute Gasteiger partial charge is 0.491 e. The van der Waals surface area contributed by atoms with Crippen LogP contribution in [0.5, 0.6) is 5.75 Å². The van der Waals surface area contributed by atoms with Crippen molar-refractivity contribution in [2.24, 2.45) is 11.1 Å². The fourth-order valence-corrected chi connectivity index (χ4v) is 3.44. The molecule has 3 rings (SSSR count). The predicted octanol–water partition coefficient (Wildman–Crippen LogP) is 2.85. The van der Waals surface area contributed by atoms with E-state index in [2.05, 4.69) is 17.2 Å². The van der Waals surface area contributed by atoms with Gasteiger partial charge in [0, 0.05) is 13.1 Å². The van der Waals surface area contributed by atoms with Gasteiger partial charge in [0.1, 0.15) is 5.75 Å². The highest BCUT2D eigenvalue weighted by atomic mass is 35.5. The van der Waals surface area contributed by atoms with E-state index >= 15 is 0 Å². The van der Waals surface area contributed by atoms with Crippen molar-refractivity contribution in [2.75, 3.05) is 19.6 Å². The third-order valence-electron chi connectivity index (χ3n) is 5.09. The Balaban J connectivity index is 0.00000280. The van der Waals surface area contributed by atoms with Crippen molar-refractivity contribution in [3.63, 3.8) is 0 Å². The summed E-state index contributed by atoms with van der Waals surface area (Å²) in [6, 6.07) is 7.68. The summed E-state index contributed by atoms with van der Waals surface area (Å²) in [5.74, 6) is 0.747. The fraction of sp³-hybridized carbons (Fsp3) is 0.550. The number of carbonyl (C=O) groups excluding carboxylic acids is 1. The Morgan fingerprint density at radius 1 is 1.32 bits per heavy atom.